The van der Waals surface area contributed by atoms with Gasteiger partial charge in [0.05, 0.1) is 0 Å². The summed E-state index contributed by atoms with van der Waals surface area (Å²) < 4.78 is 0. The van der Waals surface area contributed by atoms with Crippen LogP contribution in [0.1, 0.15) is 37.7 Å². The molecule has 19 heavy (non-hydrogen) atoms. The van der Waals surface area contributed by atoms with Gasteiger partial charge in [-0.05, 0) is 49.4 Å². The Kier molecular flexibility index (Phi) is 5.83. The molecule has 0 unspecified atom stereocenters. The fourth-order valence-electron chi connectivity index (χ4n) is 3.16. The van der Waals surface area contributed by atoms with Crippen LogP contribution in [0.5, 0.6) is 0 Å². The van der Waals surface area contributed by atoms with Crippen molar-refractivity contribution < 1.29 is 0 Å². The Morgan fingerprint density at radius 2 is 1.89 bits per heavy atom. The van der Waals surface area contributed by atoms with E-state index in [0.717, 1.165) is 18.3 Å². The molecule has 2 rings (SSSR count). The summed E-state index contributed by atoms with van der Waals surface area (Å²) in [7, 11) is 2.26. The molecular formula is C16H25BrN2. The number of halogens is 1. The smallest absolute Gasteiger partial charge is 0.0270 e. The van der Waals surface area contributed by atoms with Crippen LogP contribution in [0.4, 0.5) is 0 Å². The highest BCUT2D eigenvalue weighted by Gasteiger charge is 2.31. The summed E-state index contributed by atoms with van der Waals surface area (Å²) in [5, 5.41) is 1.15. The number of hydrogen-bond acceptors (Lipinski definition) is 2. The van der Waals surface area contributed by atoms with Crippen molar-refractivity contribution in [2.45, 2.75) is 38.5 Å². The van der Waals surface area contributed by atoms with Crippen LogP contribution in [0.25, 0.3) is 0 Å². The fourth-order valence-corrected chi connectivity index (χ4v) is 3.89. The Balaban J connectivity index is 1.81. The molecule has 1 fully saturated rings. The molecule has 1 aromatic rings. The lowest BCUT2D eigenvalue weighted by Crippen LogP contribution is -2.39. The Bertz CT molecular complexity index is 360. The fraction of sp³-hybridized carbons (Fsp3) is 0.688. The number of hydrogen-bond donors (Lipinski definition) is 0. The van der Waals surface area contributed by atoms with Gasteiger partial charge in [0.1, 0.15) is 0 Å². The van der Waals surface area contributed by atoms with E-state index in [9.17, 15) is 0 Å². The summed E-state index contributed by atoms with van der Waals surface area (Å²) in [5.41, 5.74) is 1.91. The van der Waals surface area contributed by atoms with Crippen molar-refractivity contribution in [3.63, 3.8) is 0 Å². The molecular weight excluding hydrogens is 300 g/mol. The first-order chi connectivity index (χ1) is 9.24. The number of likely N-dealkylation sites (N-methyl/N-ethyl adjacent to an activating group) is 1. The number of nitrogens with zero attached hydrogens (tertiary/aromatic N) is 2. The van der Waals surface area contributed by atoms with Crippen molar-refractivity contribution >= 4 is 15.9 Å². The maximum atomic E-state index is 4.07. The molecule has 2 nitrogen and oxygen atoms in total. The van der Waals surface area contributed by atoms with Gasteiger partial charge in [-0.1, -0.05) is 35.2 Å². The van der Waals surface area contributed by atoms with Gasteiger partial charge in [0.2, 0.25) is 0 Å². The average Bonchev–Trinajstić information content (AvgIpc) is 2.47. The maximum Gasteiger partial charge on any atom is 0.0270 e. The first-order valence-corrected chi connectivity index (χ1v) is 8.50. The molecule has 1 saturated carbocycles. The molecule has 106 valence electrons. The average molecular weight is 325 g/mol. The van der Waals surface area contributed by atoms with E-state index in [1.54, 1.807) is 0 Å². The van der Waals surface area contributed by atoms with Gasteiger partial charge in [-0.3, -0.25) is 4.98 Å². The van der Waals surface area contributed by atoms with Gasteiger partial charge in [-0.2, -0.15) is 0 Å². The summed E-state index contributed by atoms with van der Waals surface area (Å²) in [6, 6.07) is 4.24. The van der Waals surface area contributed by atoms with Crippen molar-refractivity contribution in [3.8, 4) is 0 Å². The van der Waals surface area contributed by atoms with E-state index in [1.165, 1.54) is 44.2 Å². The molecule has 0 N–H and O–H groups in total. The summed E-state index contributed by atoms with van der Waals surface area (Å²) in [4.78, 5) is 6.58. The summed E-state index contributed by atoms with van der Waals surface area (Å²) in [6.45, 7) is 2.36. The molecule has 1 aromatic heterocycles. The summed E-state index contributed by atoms with van der Waals surface area (Å²) in [6.07, 6.45) is 11.9. The molecule has 0 atom stereocenters. The van der Waals surface area contributed by atoms with E-state index in [4.69, 9.17) is 0 Å². The lowest BCUT2D eigenvalue weighted by Gasteiger charge is -2.39. The summed E-state index contributed by atoms with van der Waals surface area (Å²) in [5.74, 6) is 0. The first kappa shape index (κ1) is 15.0. The predicted octanol–water partition coefficient (Wildman–Crippen LogP) is 3.90. The standard InChI is InChI=1S/C16H25BrN2/c1-19(12-7-15-5-10-18-11-6-15)14-16(13-17)8-3-2-4-9-16/h5-6,10-11H,2-4,7-9,12-14H2,1H3. The van der Waals surface area contributed by atoms with Crippen LogP contribution in [0.2, 0.25) is 0 Å². The molecule has 0 aromatic carbocycles. The maximum absolute atomic E-state index is 4.07. The van der Waals surface area contributed by atoms with Gasteiger partial charge < -0.3 is 4.90 Å². The van der Waals surface area contributed by atoms with E-state index in [2.05, 4.69) is 45.0 Å². The second-order valence-electron chi connectivity index (χ2n) is 6.04. The zero-order chi connectivity index (χ0) is 13.6. The zero-order valence-electron chi connectivity index (χ0n) is 11.9. The molecule has 1 heterocycles. The van der Waals surface area contributed by atoms with E-state index < -0.39 is 0 Å². The molecule has 1 aliphatic carbocycles. The van der Waals surface area contributed by atoms with Gasteiger partial charge in [0.15, 0.2) is 0 Å². The highest BCUT2D eigenvalue weighted by Crippen LogP contribution is 2.38. The molecule has 0 bridgehead atoms. The molecule has 0 radical (unpaired) electrons. The van der Waals surface area contributed by atoms with Crippen LogP contribution in [-0.2, 0) is 6.42 Å². The third-order valence-corrected chi connectivity index (χ3v) is 5.52. The van der Waals surface area contributed by atoms with Crippen LogP contribution in [0.15, 0.2) is 24.5 Å². The van der Waals surface area contributed by atoms with Crippen LogP contribution in [0.3, 0.4) is 0 Å². The van der Waals surface area contributed by atoms with Crippen molar-refractivity contribution in [2.75, 3.05) is 25.5 Å². The number of rotatable bonds is 6. The minimum absolute atomic E-state index is 0.519. The molecule has 0 amide bonds. The topological polar surface area (TPSA) is 16.1 Å². The Labute approximate surface area is 125 Å². The highest BCUT2D eigenvalue weighted by atomic mass is 79.9. The normalized spacial score (nSPS) is 18.7. The third kappa shape index (κ3) is 4.57. The SMILES string of the molecule is CN(CCc1ccncc1)CC1(CBr)CCCCC1. The summed E-state index contributed by atoms with van der Waals surface area (Å²) >= 11 is 3.76. The van der Waals surface area contributed by atoms with E-state index in [0.29, 0.717) is 5.41 Å². The third-order valence-electron chi connectivity index (χ3n) is 4.33. The molecule has 0 spiro atoms. The quantitative estimate of drug-likeness (QED) is 0.738. The van der Waals surface area contributed by atoms with E-state index in [1.807, 2.05) is 12.4 Å². The second kappa shape index (κ2) is 7.39. The highest BCUT2D eigenvalue weighted by molar-refractivity contribution is 9.09. The number of pyridine rings is 1. The van der Waals surface area contributed by atoms with Crippen LogP contribution in [0, 0.1) is 5.41 Å². The Morgan fingerprint density at radius 3 is 2.53 bits per heavy atom. The molecule has 0 saturated heterocycles. The van der Waals surface area contributed by atoms with E-state index in [-0.39, 0.29) is 0 Å². The minimum Gasteiger partial charge on any atom is -0.305 e. The van der Waals surface area contributed by atoms with Gasteiger partial charge in [0, 0.05) is 30.8 Å². The monoisotopic (exact) mass is 324 g/mol. The van der Waals surface area contributed by atoms with Gasteiger partial charge in [-0.15, -0.1) is 0 Å². The number of alkyl halides is 1. The Hall–Kier alpha value is -0.410. The lowest BCUT2D eigenvalue weighted by atomic mass is 9.75. The zero-order valence-corrected chi connectivity index (χ0v) is 13.5. The van der Waals surface area contributed by atoms with E-state index >= 15 is 0 Å². The van der Waals surface area contributed by atoms with Crippen molar-refractivity contribution in [3.05, 3.63) is 30.1 Å². The predicted molar refractivity (Wildman–Crippen MR) is 84.8 cm³/mol. The van der Waals surface area contributed by atoms with Crippen molar-refractivity contribution in [1.29, 1.82) is 0 Å². The van der Waals surface area contributed by atoms with Crippen LogP contribution in [-0.4, -0.2) is 35.4 Å². The lowest BCUT2D eigenvalue weighted by molar-refractivity contribution is 0.146. The number of aromatic nitrogens is 1. The first-order valence-electron chi connectivity index (χ1n) is 7.38. The van der Waals surface area contributed by atoms with Gasteiger partial charge >= 0.3 is 0 Å². The largest absolute Gasteiger partial charge is 0.305 e. The van der Waals surface area contributed by atoms with Crippen LogP contribution >= 0.6 is 15.9 Å². The van der Waals surface area contributed by atoms with Crippen molar-refractivity contribution in [1.82, 2.24) is 9.88 Å². The second-order valence-corrected chi connectivity index (χ2v) is 6.60. The molecule has 1 aliphatic rings. The van der Waals surface area contributed by atoms with Crippen molar-refractivity contribution in [2.24, 2.45) is 5.41 Å². The van der Waals surface area contributed by atoms with Gasteiger partial charge in [-0.25, -0.2) is 0 Å². The molecule has 0 aliphatic heterocycles. The van der Waals surface area contributed by atoms with Crippen LogP contribution < -0.4 is 0 Å². The Morgan fingerprint density at radius 1 is 1.21 bits per heavy atom. The van der Waals surface area contributed by atoms with Gasteiger partial charge in [0.25, 0.3) is 0 Å². The molecule has 3 heteroatoms. The minimum atomic E-state index is 0.519.